The molecule has 5 heteroatoms. The van der Waals surface area contributed by atoms with Crippen LogP contribution < -0.4 is 0 Å². The highest BCUT2D eigenvalue weighted by Gasteiger charge is 2.53. The van der Waals surface area contributed by atoms with Crippen LogP contribution in [-0.4, -0.2) is 30.3 Å². The summed E-state index contributed by atoms with van der Waals surface area (Å²) in [4.78, 5) is 33.4. The van der Waals surface area contributed by atoms with Gasteiger partial charge in [0, 0.05) is 12.8 Å². The van der Waals surface area contributed by atoms with E-state index < -0.39 is 29.8 Å². The van der Waals surface area contributed by atoms with Crippen molar-refractivity contribution in [3.63, 3.8) is 0 Å². The van der Waals surface area contributed by atoms with Gasteiger partial charge >= 0.3 is 5.97 Å². The van der Waals surface area contributed by atoms with Gasteiger partial charge in [-0.25, -0.2) is 9.18 Å². The Balaban J connectivity index is 2.97. The van der Waals surface area contributed by atoms with E-state index in [-0.39, 0.29) is 12.2 Å². The molecule has 78 valence electrons. The second-order valence-corrected chi connectivity index (χ2v) is 3.34. The lowest BCUT2D eigenvalue weighted by molar-refractivity contribution is -0.165. The molecule has 0 aliphatic heterocycles. The van der Waals surface area contributed by atoms with Gasteiger partial charge in [-0.2, -0.15) is 0 Å². The van der Waals surface area contributed by atoms with Crippen molar-refractivity contribution < 1.29 is 23.5 Å². The number of Topliss-reactive ketones (excluding diaryl/α,β-unsaturated/α-hetero) is 2. The Bertz CT molecular complexity index is 299. The second-order valence-electron chi connectivity index (χ2n) is 3.34. The maximum atomic E-state index is 13.8. The van der Waals surface area contributed by atoms with E-state index in [4.69, 9.17) is 0 Å². The third-order valence-electron chi connectivity index (χ3n) is 2.49. The maximum Gasteiger partial charge on any atom is 0.351 e. The first-order valence-corrected chi connectivity index (χ1v) is 4.28. The van der Waals surface area contributed by atoms with Crippen molar-refractivity contribution >= 4 is 17.5 Å². The van der Waals surface area contributed by atoms with Crippen LogP contribution in [0.1, 0.15) is 19.8 Å². The lowest BCUT2D eigenvalue weighted by atomic mass is 9.78. The predicted molar refractivity (Wildman–Crippen MR) is 44.3 cm³/mol. The first-order chi connectivity index (χ1) is 6.43. The lowest BCUT2D eigenvalue weighted by Crippen LogP contribution is -2.51. The number of rotatable bonds is 1. The maximum absolute atomic E-state index is 13.8. The average molecular weight is 202 g/mol. The normalized spacial score (nSPS) is 32.9. The number of ether oxygens (including phenoxy) is 1. The van der Waals surface area contributed by atoms with Gasteiger partial charge in [0.2, 0.25) is 0 Å². The van der Waals surface area contributed by atoms with Gasteiger partial charge in [0.15, 0.2) is 5.78 Å². The van der Waals surface area contributed by atoms with Crippen molar-refractivity contribution in [3.8, 4) is 0 Å². The topological polar surface area (TPSA) is 60.4 Å². The number of esters is 1. The predicted octanol–water partition coefficient (Wildman–Crippen LogP) is 0.436. The van der Waals surface area contributed by atoms with Crippen LogP contribution in [0.2, 0.25) is 0 Å². The summed E-state index contributed by atoms with van der Waals surface area (Å²) in [6.45, 7) is 1.31. The van der Waals surface area contributed by atoms with E-state index in [0.717, 1.165) is 7.11 Å². The molecule has 1 saturated carbocycles. The Labute approximate surface area is 80.4 Å². The molecule has 0 amide bonds. The molecule has 2 unspecified atom stereocenters. The molecule has 4 nitrogen and oxygen atoms in total. The van der Waals surface area contributed by atoms with E-state index in [1.54, 1.807) is 0 Å². The first kappa shape index (κ1) is 10.8. The summed E-state index contributed by atoms with van der Waals surface area (Å²) in [6.07, 6.45) is -0.500. The minimum Gasteiger partial charge on any atom is -0.466 e. The molecule has 0 aromatic heterocycles. The van der Waals surface area contributed by atoms with E-state index in [0.29, 0.717) is 0 Å². The largest absolute Gasteiger partial charge is 0.466 e. The van der Waals surface area contributed by atoms with Gasteiger partial charge in [-0.1, -0.05) is 0 Å². The number of alkyl halides is 1. The van der Waals surface area contributed by atoms with Crippen LogP contribution in [0.4, 0.5) is 4.39 Å². The molecule has 14 heavy (non-hydrogen) atoms. The molecule has 2 atom stereocenters. The smallest absolute Gasteiger partial charge is 0.351 e. The summed E-state index contributed by atoms with van der Waals surface area (Å²) in [5.74, 6) is -3.57. The van der Waals surface area contributed by atoms with Crippen LogP contribution in [0.5, 0.6) is 0 Å². The quantitative estimate of drug-likeness (QED) is 0.457. The minimum atomic E-state index is -2.62. The fourth-order valence-corrected chi connectivity index (χ4v) is 1.49. The summed E-state index contributed by atoms with van der Waals surface area (Å²) >= 11 is 0. The molecule has 0 aromatic rings. The second kappa shape index (κ2) is 3.48. The molecule has 0 aromatic carbocycles. The van der Waals surface area contributed by atoms with E-state index in [1.165, 1.54) is 6.92 Å². The highest BCUT2D eigenvalue weighted by Crippen LogP contribution is 2.31. The molecular weight excluding hydrogens is 191 g/mol. The van der Waals surface area contributed by atoms with Crippen LogP contribution in [0, 0.1) is 5.92 Å². The van der Waals surface area contributed by atoms with Gasteiger partial charge in [0.1, 0.15) is 5.78 Å². The van der Waals surface area contributed by atoms with Crippen LogP contribution >= 0.6 is 0 Å². The zero-order valence-electron chi connectivity index (χ0n) is 8.00. The zero-order chi connectivity index (χ0) is 10.9. The van der Waals surface area contributed by atoms with Gasteiger partial charge in [-0.15, -0.1) is 0 Å². The SMILES string of the molecule is COC(=O)C1(F)CCC(=O)C(C)C1=O. The summed E-state index contributed by atoms with van der Waals surface area (Å²) in [5, 5.41) is 0. The highest BCUT2D eigenvalue weighted by molar-refractivity contribution is 6.17. The lowest BCUT2D eigenvalue weighted by Gasteiger charge is -2.28. The van der Waals surface area contributed by atoms with Crippen LogP contribution in [0.3, 0.4) is 0 Å². The van der Waals surface area contributed by atoms with Crippen molar-refractivity contribution in [1.29, 1.82) is 0 Å². The van der Waals surface area contributed by atoms with Crippen molar-refractivity contribution in [2.24, 2.45) is 5.92 Å². The first-order valence-electron chi connectivity index (χ1n) is 4.28. The minimum absolute atomic E-state index is 0.0987. The molecular formula is C9H11FO4. The van der Waals surface area contributed by atoms with Gasteiger partial charge in [-0.05, 0) is 6.92 Å². The molecule has 1 aliphatic carbocycles. The van der Waals surface area contributed by atoms with Crippen LogP contribution in [0.25, 0.3) is 0 Å². The third-order valence-corrected chi connectivity index (χ3v) is 2.49. The fourth-order valence-electron chi connectivity index (χ4n) is 1.49. The van der Waals surface area contributed by atoms with E-state index in [9.17, 15) is 18.8 Å². The molecule has 1 fully saturated rings. The van der Waals surface area contributed by atoms with Gasteiger partial charge in [0.25, 0.3) is 5.67 Å². The van der Waals surface area contributed by atoms with Gasteiger partial charge in [0.05, 0.1) is 13.0 Å². The Kier molecular flexibility index (Phi) is 2.69. The van der Waals surface area contributed by atoms with Crippen molar-refractivity contribution in [2.45, 2.75) is 25.4 Å². The number of ketones is 2. The molecule has 0 bridgehead atoms. The molecule has 0 radical (unpaired) electrons. The number of carbonyl (C=O) groups excluding carboxylic acids is 3. The summed E-state index contributed by atoms with van der Waals surface area (Å²) in [7, 11) is 1.01. The molecule has 0 spiro atoms. The third kappa shape index (κ3) is 1.42. The Hall–Kier alpha value is -1.26. The summed E-state index contributed by atoms with van der Waals surface area (Å²) in [6, 6.07) is 0. The van der Waals surface area contributed by atoms with E-state index in [2.05, 4.69) is 4.74 Å². The van der Waals surface area contributed by atoms with E-state index in [1.807, 2.05) is 0 Å². The van der Waals surface area contributed by atoms with E-state index >= 15 is 0 Å². The Morgan fingerprint density at radius 3 is 2.64 bits per heavy atom. The van der Waals surface area contributed by atoms with Crippen molar-refractivity contribution in [2.75, 3.05) is 7.11 Å². The zero-order valence-corrected chi connectivity index (χ0v) is 8.00. The highest BCUT2D eigenvalue weighted by atomic mass is 19.1. The average Bonchev–Trinajstić information content (AvgIpc) is 2.19. The number of hydrogen-bond donors (Lipinski definition) is 0. The standard InChI is InChI=1S/C9H11FO4/c1-5-6(11)3-4-9(10,7(5)12)8(13)14-2/h5H,3-4H2,1-2H3. The number of carbonyl (C=O) groups is 3. The Morgan fingerprint density at radius 1 is 1.57 bits per heavy atom. The van der Waals surface area contributed by atoms with Crippen molar-refractivity contribution in [3.05, 3.63) is 0 Å². The molecule has 0 heterocycles. The Morgan fingerprint density at radius 2 is 2.14 bits per heavy atom. The van der Waals surface area contributed by atoms with Crippen molar-refractivity contribution in [1.82, 2.24) is 0 Å². The van der Waals surface area contributed by atoms with Gasteiger partial charge in [-0.3, -0.25) is 9.59 Å². The summed E-state index contributed by atoms with van der Waals surface area (Å²) < 4.78 is 18.0. The van der Waals surface area contributed by atoms with Gasteiger partial charge < -0.3 is 4.74 Å². The number of methoxy groups -OCH3 is 1. The fraction of sp³-hybridized carbons (Fsp3) is 0.667. The monoisotopic (exact) mass is 202 g/mol. The molecule has 0 saturated heterocycles. The molecule has 0 N–H and O–H groups in total. The van der Waals surface area contributed by atoms with Crippen LogP contribution in [-0.2, 0) is 19.1 Å². The summed E-state index contributed by atoms with van der Waals surface area (Å²) in [5.41, 5.74) is -2.62. The number of hydrogen-bond acceptors (Lipinski definition) is 4. The van der Waals surface area contributed by atoms with Crippen LogP contribution in [0.15, 0.2) is 0 Å². The molecule has 1 aliphatic rings. The number of halogens is 1. The molecule has 1 rings (SSSR count).